The lowest BCUT2D eigenvalue weighted by molar-refractivity contribution is 0.485. The zero-order valence-electron chi connectivity index (χ0n) is 7.64. The van der Waals surface area contributed by atoms with Crippen LogP contribution in [0.15, 0.2) is 23.1 Å². The van der Waals surface area contributed by atoms with Gasteiger partial charge in [0.1, 0.15) is 0 Å². The van der Waals surface area contributed by atoms with Crippen LogP contribution < -0.4 is 5.73 Å². The summed E-state index contributed by atoms with van der Waals surface area (Å²) < 4.78 is 36.0. The summed E-state index contributed by atoms with van der Waals surface area (Å²) in [5.74, 6) is 0. The number of benzene rings is 1. The fourth-order valence-electron chi connectivity index (χ4n) is 0.956. The first-order valence-corrected chi connectivity index (χ1v) is 5.07. The second-order valence-electron chi connectivity index (χ2n) is 3.05. The van der Waals surface area contributed by atoms with Crippen molar-refractivity contribution in [1.82, 2.24) is 0 Å². The Labute approximate surface area is 84.9 Å². The van der Waals surface area contributed by atoms with Crippen LogP contribution in [0.25, 0.3) is 0 Å². The molecule has 1 nitrogen and oxygen atoms in total. The minimum Gasteiger partial charge on any atom is -0.448 e. The molecule has 0 saturated heterocycles. The molecule has 0 aromatic heterocycles. The molecule has 0 fully saturated rings. The fraction of sp³-hybridized carbons (Fsp3) is 0.250. The predicted octanol–water partition coefficient (Wildman–Crippen LogP) is 3.06. The van der Waals surface area contributed by atoms with Crippen molar-refractivity contribution in [2.75, 3.05) is 11.4 Å². The summed E-state index contributed by atoms with van der Waals surface area (Å²) in [5, 5.41) is 0. The Balaban J connectivity index is 2.72. The van der Waals surface area contributed by atoms with Crippen LogP contribution in [-0.4, -0.2) is 12.6 Å². The summed E-state index contributed by atoms with van der Waals surface area (Å²) in [6.45, 7) is -2.96. The molecule has 78 valence electrons. The maximum atomic E-state index is 12.0. The first-order valence-electron chi connectivity index (χ1n) is 4.08. The fourth-order valence-corrected chi connectivity index (χ4v) is 1.84. The normalized spacial score (nSPS) is 11.7. The Morgan fingerprint density at radius 1 is 1.36 bits per heavy atom. The van der Waals surface area contributed by atoms with E-state index in [0.29, 0.717) is 10.6 Å². The summed E-state index contributed by atoms with van der Waals surface area (Å²) in [5.41, 5.74) is 5.98. The number of hydrogen-bond donors (Lipinski definition) is 1. The number of aryl methyl sites for hydroxylation is 1. The van der Waals surface area contributed by atoms with Gasteiger partial charge in [-0.2, -0.15) is 11.8 Å². The van der Waals surface area contributed by atoms with Crippen LogP contribution in [0.2, 0.25) is 0 Å². The van der Waals surface area contributed by atoms with Gasteiger partial charge in [-0.05, 0) is 30.3 Å². The highest BCUT2D eigenvalue weighted by atomic mass is 32.2. The molecule has 0 amide bonds. The summed E-state index contributed by atoms with van der Waals surface area (Å²) in [4.78, 5) is 0.601. The van der Waals surface area contributed by atoms with E-state index in [-0.39, 0.29) is 0 Å². The first-order chi connectivity index (χ1) is 6.38. The van der Waals surface area contributed by atoms with Gasteiger partial charge in [0, 0.05) is 10.6 Å². The maximum absolute atomic E-state index is 12.0. The Bertz CT molecular complexity index is 327. The van der Waals surface area contributed by atoms with E-state index < -0.39 is 12.6 Å². The van der Waals surface area contributed by atoms with Crippen LogP contribution in [-0.2, 0) is 0 Å². The van der Waals surface area contributed by atoms with Gasteiger partial charge in [0.25, 0.3) is 0 Å². The van der Waals surface area contributed by atoms with Crippen molar-refractivity contribution in [3.8, 4) is 0 Å². The van der Waals surface area contributed by atoms with Crippen LogP contribution in [0.1, 0.15) is 5.56 Å². The number of hydrogen-bond acceptors (Lipinski definition) is 2. The molecule has 0 radical (unpaired) electrons. The summed E-state index contributed by atoms with van der Waals surface area (Å²) in [6, 6.07) is 4.97. The highest BCUT2D eigenvalue weighted by Gasteiger charge is 2.23. The molecule has 0 aliphatic carbocycles. The van der Waals surface area contributed by atoms with Gasteiger partial charge in [-0.3, -0.25) is 0 Å². The molecule has 1 aromatic carbocycles. The summed E-state index contributed by atoms with van der Waals surface area (Å²) in [7, 11) is 0. The second-order valence-corrected chi connectivity index (χ2v) is 4.11. The molecule has 0 aliphatic heterocycles. The molecule has 0 atom stereocenters. The Morgan fingerprint density at radius 2 is 2.00 bits per heavy atom. The average Bonchev–Trinajstić information content (AvgIpc) is 2.05. The lowest BCUT2D eigenvalue weighted by Gasteiger charge is -2.14. The zero-order valence-corrected chi connectivity index (χ0v) is 8.45. The SMILES string of the molecule is Cc1ccc(N)cc1SC[B-](F)(F)F. The summed E-state index contributed by atoms with van der Waals surface area (Å²) in [6.07, 6.45) is 0. The molecule has 0 spiro atoms. The van der Waals surface area contributed by atoms with Crippen molar-refractivity contribution in [2.24, 2.45) is 0 Å². The van der Waals surface area contributed by atoms with Gasteiger partial charge in [-0.25, -0.2) is 0 Å². The minimum atomic E-state index is -4.73. The van der Waals surface area contributed by atoms with Crippen LogP contribution in [0.5, 0.6) is 0 Å². The van der Waals surface area contributed by atoms with E-state index in [1.165, 1.54) is 0 Å². The molecule has 1 rings (SSSR count). The number of anilines is 1. The lowest BCUT2D eigenvalue weighted by atomic mass is 9.98. The van der Waals surface area contributed by atoms with Crippen LogP contribution >= 0.6 is 11.8 Å². The van der Waals surface area contributed by atoms with Gasteiger partial charge in [0.05, 0.1) is 0 Å². The van der Waals surface area contributed by atoms with Gasteiger partial charge in [-0.15, -0.1) is 0 Å². The van der Waals surface area contributed by atoms with Crippen LogP contribution in [0, 0.1) is 6.92 Å². The van der Waals surface area contributed by atoms with Gasteiger partial charge in [0.15, 0.2) is 0 Å². The third kappa shape index (κ3) is 3.53. The molecule has 0 heterocycles. The molecule has 0 unspecified atom stereocenters. The van der Waals surface area contributed by atoms with Crippen molar-refractivity contribution in [3.63, 3.8) is 0 Å². The third-order valence-electron chi connectivity index (χ3n) is 1.64. The highest BCUT2D eigenvalue weighted by molar-refractivity contribution is 8.00. The number of nitrogens with two attached hydrogens (primary N) is 1. The molecule has 14 heavy (non-hydrogen) atoms. The highest BCUT2D eigenvalue weighted by Crippen LogP contribution is 2.28. The van der Waals surface area contributed by atoms with Crippen molar-refractivity contribution in [2.45, 2.75) is 11.8 Å². The zero-order chi connectivity index (χ0) is 10.8. The molecule has 1 aromatic rings. The molecular weight excluding hydrogens is 210 g/mol. The molecule has 0 bridgehead atoms. The standard InChI is InChI=1S/C8H10BF3NS/c1-6-2-3-7(13)4-8(6)14-5-9(10,11)12/h2-4H,5,13H2,1H3/q-1. The Morgan fingerprint density at radius 3 is 2.57 bits per heavy atom. The van der Waals surface area contributed by atoms with E-state index in [4.69, 9.17) is 5.73 Å². The van der Waals surface area contributed by atoms with Crippen molar-refractivity contribution < 1.29 is 12.9 Å². The Hall–Kier alpha value is -0.775. The predicted molar refractivity (Wildman–Crippen MR) is 55.4 cm³/mol. The molecule has 2 N–H and O–H groups in total. The van der Waals surface area contributed by atoms with E-state index in [0.717, 1.165) is 17.3 Å². The minimum absolute atomic E-state index is 0.493. The topological polar surface area (TPSA) is 26.0 Å². The van der Waals surface area contributed by atoms with E-state index >= 15 is 0 Å². The van der Waals surface area contributed by atoms with Crippen molar-refractivity contribution in [3.05, 3.63) is 23.8 Å². The lowest BCUT2D eigenvalue weighted by Crippen LogP contribution is -2.19. The smallest absolute Gasteiger partial charge is 0.448 e. The van der Waals surface area contributed by atoms with Crippen molar-refractivity contribution >= 4 is 24.4 Å². The van der Waals surface area contributed by atoms with E-state index in [9.17, 15) is 12.9 Å². The van der Waals surface area contributed by atoms with Crippen LogP contribution in [0.3, 0.4) is 0 Å². The monoisotopic (exact) mass is 220 g/mol. The number of nitrogen functional groups attached to an aromatic ring is 1. The largest absolute Gasteiger partial charge is 0.488 e. The van der Waals surface area contributed by atoms with Gasteiger partial charge < -0.3 is 18.7 Å². The van der Waals surface area contributed by atoms with Gasteiger partial charge in [-0.1, -0.05) is 6.07 Å². The van der Waals surface area contributed by atoms with E-state index in [1.807, 2.05) is 0 Å². The first kappa shape index (κ1) is 11.3. The number of halogens is 3. The number of rotatable bonds is 3. The molecule has 0 aliphatic rings. The second kappa shape index (κ2) is 4.17. The van der Waals surface area contributed by atoms with E-state index in [2.05, 4.69) is 0 Å². The third-order valence-corrected chi connectivity index (χ3v) is 2.94. The van der Waals surface area contributed by atoms with Gasteiger partial charge >= 0.3 is 6.98 Å². The summed E-state index contributed by atoms with van der Waals surface area (Å²) >= 11 is 0.791. The quantitative estimate of drug-likeness (QED) is 0.481. The van der Waals surface area contributed by atoms with Crippen molar-refractivity contribution in [1.29, 1.82) is 0 Å². The Kier molecular flexibility index (Phi) is 3.36. The molecular formula is C8H10BF3NS-. The molecule has 6 heteroatoms. The number of thioether (sulfide) groups is 1. The van der Waals surface area contributed by atoms with Crippen LogP contribution in [0.4, 0.5) is 18.6 Å². The average molecular weight is 220 g/mol. The maximum Gasteiger partial charge on any atom is 0.488 e. The van der Waals surface area contributed by atoms with Gasteiger partial charge in [0.2, 0.25) is 0 Å². The molecule has 0 saturated carbocycles. The van der Waals surface area contributed by atoms with E-state index in [1.54, 1.807) is 25.1 Å².